The fourth-order valence-electron chi connectivity index (χ4n) is 2.49. The summed E-state index contributed by atoms with van der Waals surface area (Å²) in [5.41, 5.74) is 6.40. The number of H-pyrrole nitrogens is 1. The van der Waals surface area contributed by atoms with Gasteiger partial charge in [0.25, 0.3) is 5.56 Å². The van der Waals surface area contributed by atoms with Gasteiger partial charge in [-0.15, -0.1) is 0 Å². The Bertz CT molecular complexity index is 895. The number of ether oxygens (including phenoxy) is 1. The number of rotatable bonds is 1. The molecule has 110 valence electrons. The van der Waals surface area contributed by atoms with Crippen molar-refractivity contribution in [3.8, 4) is 11.9 Å². The average molecular weight is 315 g/mol. The first-order chi connectivity index (χ1) is 10.5. The van der Waals surface area contributed by atoms with Gasteiger partial charge in [0, 0.05) is 5.02 Å². The molecule has 1 aromatic carbocycles. The van der Waals surface area contributed by atoms with Crippen LogP contribution in [0.3, 0.4) is 0 Å². The van der Waals surface area contributed by atoms with Gasteiger partial charge in [-0.25, -0.2) is 0 Å². The molecule has 6 nitrogen and oxygen atoms in total. The smallest absolute Gasteiger partial charge is 0.258 e. The van der Waals surface area contributed by atoms with Gasteiger partial charge in [-0.2, -0.15) is 10.2 Å². The Labute approximate surface area is 130 Å². The van der Waals surface area contributed by atoms with Crippen molar-refractivity contribution in [3.05, 3.63) is 68.0 Å². The number of fused-ring (bicyclic) bond motifs is 1. The third kappa shape index (κ3) is 2.12. The molecule has 2 aromatic rings. The van der Waals surface area contributed by atoms with E-state index in [1.54, 1.807) is 31.2 Å². The summed E-state index contributed by atoms with van der Waals surface area (Å²) in [5, 5.41) is 9.84. The molecule has 0 radical (unpaired) electrons. The number of hydrogen-bond acceptors (Lipinski definition) is 5. The Kier molecular flexibility index (Phi) is 3.35. The van der Waals surface area contributed by atoms with Crippen LogP contribution in [-0.4, -0.2) is 9.97 Å². The number of benzene rings is 1. The monoisotopic (exact) mass is 314 g/mol. The van der Waals surface area contributed by atoms with E-state index in [0.29, 0.717) is 16.4 Å². The minimum atomic E-state index is -0.709. The van der Waals surface area contributed by atoms with Gasteiger partial charge in [0.05, 0.1) is 11.5 Å². The van der Waals surface area contributed by atoms with Crippen molar-refractivity contribution in [1.29, 1.82) is 5.26 Å². The van der Waals surface area contributed by atoms with Crippen molar-refractivity contribution in [2.75, 3.05) is 0 Å². The number of hydrogen-bond donors (Lipinski definition) is 2. The molecular weight excluding hydrogens is 304 g/mol. The van der Waals surface area contributed by atoms with E-state index in [2.05, 4.69) is 9.97 Å². The minimum Gasteiger partial charge on any atom is -0.422 e. The van der Waals surface area contributed by atoms with Crippen molar-refractivity contribution >= 4 is 11.6 Å². The molecule has 1 aromatic heterocycles. The van der Waals surface area contributed by atoms with Gasteiger partial charge in [-0.05, 0) is 18.6 Å². The van der Waals surface area contributed by atoms with Gasteiger partial charge in [0.2, 0.25) is 11.8 Å². The topological polar surface area (TPSA) is 105 Å². The third-order valence-corrected chi connectivity index (χ3v) is 3.77. The predicted octanol–water partition coefficient (Wildman–Crippen LogP) is 1.95. The molecule has 7 heteroatoms. The van der Waals surface area contributed by atoms with Gasteiger partial charge in [-0.3, -0.25) is 4.79 Å². The molecule has 1 atom stereocenters. The maximum absolute atomic E-state index is 12.4. The molecule has 2 heterocycles. The number of aromatic amines is 1. The molecule has 1 aliphatic heterocycles. The Morgan fingerprint density at radius 3 is 2.86 bits per heavy atom. The second kappa shape index (κ2) is 5.20. The van der Waals surface area contributed by atoms with E-state index in [1.807, 2.05) is 6.07 Å². The molecule has 0 aliphatic carbocycles. The number of aryl methyl sites for hydroxylation is 1. The van der Waals surface area contributed by atoms with Crippen molar-refractivity contribution in [3.63, 3.8) is 0 Å². The van der Waals surface area contributed by atoms with Gasteiger partial charge >= 0.3 is 0 Å². The average Bonchev–Trinajstić information content (AvgIpc) is 2.46. The highest BCUT2D eigenvalue weighted by atomic mass is 35.5. The fourth-order valence-corrected chi connectivity index (χ4v) is 2.73. The number of halogens is 1. The predicted molar refractivity (Wildman–Crippen MR) is 80.3 cm³/mol. The second-order valence-corrected chi connectivity index (χ2v) is 5.22. The van der Waals surface area contributed by atoms with Crippen LogP contribution in [0.5, 0.6) is 5.88 Å². The number of nitrogens with two attached hydrogens (primary N) is 1. The van der Waals surface area contributed by atoms with Crippen molar-refractivity contribution < 1.29 is 4.74 Å². The normalized spacial score (nSPS) is 16.7. The van der Waals surface area contributed by atoms with Crippen LogP contribution in [0.25, 0.3) is 0 Å². The Balaban J connectivity index is 2.35. The van der Waals surface area contributed by atoms with E-state index >= 15 is 0 Å². The van der Waals surface area contributed by atoms with Gasteiger partial charge in [-0.1, -0.05) is 29.8 Å². The first kappa shape index (κ1) is 14.2. The lowest BCUT2D eigenvalue weighted by atomic mass is 9.85. The minimum absolute atomic E-state index is 0.0718. The fraction of sp³-hybridized carbons (Fsp3) is 0.133. The second-order valence-electron chi connectivity index (χ2n) is 4.82. The summed E-state index contributed by atoms with van der Waals surface area (Å²) >= 11 is 6.23. The number of aromatic nitrogens is 2. The van der Waals surface area contributed by atoms with Crippen molar-refractivity contribution in [1.82, 2.24) is 9.97 Å². The maximum atomic E-state index is 12.4. The number of nitrogens with zero attached hydrogens (tertiary/aromatic N) is 2. The molecular formula is C15H11ClN4O2. The van der Waals surface area contributed by atoms with E-state index in [4.69, 9.17) is 22.1 Å². The van der Waals surface area contributed by atoms with Gasteiger partial charge in [0.15, 0.2) is 0 Å². The first-order valence-corrected chi connectivity index (χ1v) is 6.83. The maximum Gasteiger partial charge on any atom is 0.258 e. The molecule has 0 saturated carbocycles. The van der Waals surface area contributed by atoms with Crippen LogP contribution < -0.4 is 16.0 Å². The lowest BCUT2D eigenvalue weighted by Crippen LogP contribution is -2.29. The Morgan fingerprint density at radius 2 is 2.18 bits per heavy atom. The third-order valence-electron chi connectivity index (χ3n) is 3.42. The molecule has 0 bridgehead atoms. The quantitative estimate of drug-likeness (QED) is 0.837. The van der Waals surface area contributed by atoms with Crippen molar-refractivity contribution in [2.24, 2.45) is 5.73 Å². The SMILES string of the molecule is Cc1nc2c(c(=O)[nH]1)C(c1ccccc1Cl)C(C#N)=C(N)O2. The lowest BCUT2D eigenvalue weighted by Gasteiger charge is -2.25. The Hall–Kier alpha value is -2.78. The Morgan fingerprint density at radius 1 is 1.45 bits per heavy atom. The number of nitrogens with one attached hydrogen (secondary N) is 1. The van der Waals surface area contributed by atoms with Gasteiger partial charge in [0.1, 0.15) is 17.5 Å². The zero-order valence-electron chi connectivity index (χ0n) is 11.6. The number of allylic oxidation sites excluding steroid dienone is 1. The van der Waals surface area contributed by atoms with E-state index in [9.17, 15) is 10.1 Å². The summed E-state index contributed by atoms with van der Waals surface area (Å²) in [7, 11) is 0. The van der Waals surface area contributed by atoms with E-state index < -0.39 is 5.92 Å². The van der Waals surface area contributed by atoms with E-state index in [-0.39, 0.29) is 28.5 Å². The van der Waals surface area contributed by atoms with Crippen LogP contribution in [0.15, 0.2) is 40.5 Å². The summed E-state index contributed by atoms with van der Waals surface area (Å²) in [5.74, 6) is -0.283. The summed E-state index contributed by atoms with van der Waals surface area (Å²) in [4.78, 5) is 19.1. The zero-order chi connectivity index (χ0) is 15.9. The molecule has 1 unspecified atom stereocenters. The largest absolute Gasteiger partial charge is 0.422 e. The molecule has 22 heavy (non-hydrogen) atoms. The highest BCUT2D eigenvalue weighted by Crippen LogP contribution is 2.41. The van der Waals surface area contributed by atoms with Gasteiger partial charge < -0.3 is 15.5 Å². The lowest BCUT2D eigenvalue weighted by molar-refractivity contribution is 0.373. The standard InChI is InChI=1S/C15H11ClN4O2/c1-7-19-14(21)12-11(8-4-2-3-5-10(8)16)9(6-17)13(18)22-15(12)20-7/h2-5,11H,18H2,1H3,(H,19,20,21). The molecule has 0 amide bonds. The molecule has 3 rings (SSSR count). The van der Waals surface area contributed by atoms with Crippen molar-refractivity contribution in [2.45, 2.75) is 12.8 Å². The summed E-state index contributed by atoms with van der Waals surface area (Å²) in [6, 6.07) is 8.97. The summed E-state index contributed by atoms with van der Waals surface area (Å²) in [6.07, 6.45) is 0. The summed E-state index contributed by atoms with van der Waals surface area (Å²) in [6.45, 7) is 1.63. The highest BCUT2D eigenvalue weighted by Gasteiger charge is 2.35. The van der Waals surface area contributed by atoms with E-state index in [0.717, 1.165) is 0 Å². The van der Waals surface area contributed by atoms with Crippen LogP contribution in [-0.2, 0) is 0 Å². The molecule has 0 fully saturated rings. The van der Waals surface area contributed by atoms with Crippen LogP contribution in [0.1, 0.15) is 22.9 Å². The molecule has 3 N–H and O–H groups in total. The highest BCUT2D eigenvalue weighted by molar-refractivity contribution is 6.31. The first-order valence-electron chi connectivity index (χ1n) is 6.45. The van der Waals surface area contributed by atoms with Crippen LogP contribution in [0.4, 0.5) is 0 Å². The molecule has 0 spiro atoms. The summed E-state index contributed by atoms with van der Waals surface area (Å²) < 4.78 is 5.35. The van der Waals surface area contributed by atoms with E-state index in [1.165, 1.54) is 0 Å². The van der Waals surface area contributed by atoms with Crippen LogP contribution in [0, 0.1) is 18.3 Å². The molecule has 0 saturated heterocycles. The van der Waals surface area contributed by atoms with Crippen LogP contribution in [0.2, 0.25) is 5.02 Å². The zero-order valence-corrected chi connectivity index (χ0v) is 12.3. The van der Waals surface area contributed by atoms with Crippen LogP contribution >= 0.6 is 11.6 Å². The number of nitriles is 1. The molecule has 1 aliphatic rings.